The fraction of sp³-hybridized carbons (Fsp3) is 0.417. The molecule has 3 nitrogen and oxygen atoms in total. The van der Waals surface area contributed by atoms with Crippen LogP contribution in [0.1, 0.15) is 18.1 Å². The van der Waals surface area contributed by atoms with E-state index in [-0.39, 0.29) is 29.7 Å². The zero-order chi connectivity index (χ0) is 14.4. The van der Waals surface area contributed by atoms with E-state index in [0.717, 1.165) is 6.07 Å². The zero-order valence-electron chi connectivity index (χ0n) is 10.1. The second-order valence-electron chi connectivity index (χ2n) is 3.55. The molecular weight excluding hydrogens is 329 g/mol. The van der Waals surface area contributed by atoms with Gasteiger partial charge in [0.25, 0.3) is 0 Å². The minimum Gasteiger partial charge on any atom is -0.466 e. The monoisotopic (exact) mass is 340 g/mol. The normalized spacial score (nSPS) is 10.6. The molecule has 0 unspecified atom stereocenters. The summed E-state index contributed by atoms with van der Waals surface area (Å²) in [6.45, 7) is -1.20. The second kappa shape index (κ2) is 7.37. The Morgan fingerprint density at radius 3 is 2.58 bits per heavy atom. The van der Waals surface area contributed by atoms with Crippen LogP contribution in [0, 0.1) is 5.82 Å². The van der Waals surface area contributed by atoms with Gasteiger partial charge in [-0.15, -0.1) is 0 Å². The Bertz CT molecular complexity index is 452. The van der Waals surface area contributed by atoms with Crippen molar-refractivity contribution in [1.82, 2.24) is 0 Å². The fourth-order valence-electron chi connectivity index (χ4n) is 1.46. The Balaban J connectivity index is 2.98. The summed E-state index contributed by atoms with van der Waals surface area (Å²) < 4.78 is 46.9. The maximum Gasteiger partial charge on any atom is 0.387 e. The van der Waals surface area contributed by atoms with Crippen molar-refractivity contribution in [3.8, 4) is 5.75 Å². The first kappa shape index (κ1) is 15.8. The number of hydrogen-bond donors (Lipinski definition) is 0. The lowest BCUT2D eigenvalue weighted by atomic mass is 10.1. The quantitative estimate of drug-likeness (QED) is 0.588. The topological polar surface area (TPSA) is 35.5 Å². The molecule has 106 valence electrons. The Morgan fingerprint density at radius 2 is 2.05 bits per heavy atom. The summed E-state index contributed by atoms with van der Waals surface area (Å²) in [5, 5.41) is 0.200. The maximum atomic E-state index is 13.7. The van der Waals surface area contributed by atoms with Crippen molar-refractivity contribution in [2.75, 3.05) is 6.61 Å². The third-order valence-corrected chi connectivity index (χ3v) is 2.83. The van der Waals surface area contributed by atoms with E-state index in [1.807, 2.05) is 0 Å². The molecule has 7 heteroatoms. The van der Waals surface area contributed by atoms with Crippen LogP contribution in [0.15, 0.2) is 12.1 Å². The van der Waals surface area contributed by atoms with Crippen LogP contribution in [0.2, 0.25) is 0 Å². The molecule has 0 aliphatic heterocycles. The number of halogens is 4. The van der Waals surface area contributed by atoms with Gasteiger partial charge in [-0.3, -0.25) is 4.79 Å². The Labute approximate surface area is 116 Å². The summed E-state index contributed by atoms with van der Waals surface area (Å²) in [5.41, 5.74) is 0.413. The van der Waals surface area contributed by atoms with Crippen LogP contribution in [-0.4, -0.2) is 19.2 Å². The largest absolute Gasteiger partial charge is 0.466 e. The number of benzene rings is 1. The van der Waals surface area contributed by atoms with E-state index in [1.54, 1.807) is 6.92 Å². The fourth-order valence-corrected chi connectivity index (χ4v) is 1.90. The summed E-state index contributed by atoms with van der Waals surface area (Å²) in [5.74, 6) is -1.62. The molecule has 0 saturated carbocycles. The minimum atomic E-state index is -3.03. The van der Waals surface area contributed by atoms with Crippen LogP contribution in [-0.2, 0) is 21.3 Å². The summed E-state index contributed by atoms with van der Waals surface area (Å²) in [6, 6.07) is 2.15. The number of carbonyl (C=O) groups excluding carboxylic acids is 1. The van der Waals surface area contributed by atoms with Crippen LogP contribution in [0.25, 0.3) is 0 Å². The molecule has 19 heavy (non-hydrogen) atoms. The van der Waals surface area contributed by atoms with Gasteiger partial charge in [0.15, 0.2) is 0 Å². The van der Waals surface area contributed by atoms with Crippen LogP contribution in [0.4, 0.5) is 13.2 Å². The molecule has 0 aliphatic carbocycles. The Kier molecular flexibility index (Phi) is 6.14. The molecule has 0 aromatic heterocycles. The Hall–Kier alpha value is -1.24. The lowest BCUT2D eigenvalue weighted by Crippen LogP contribution is -2.10. The number of hydrogen-bond acceptors (Lipinski definition) is 3. The van der Waals surface area contributed by atoms with Crippen molar-refractivity contribution in [3.05, 3.63) is 29.1 Å². The van der Waals surface area contributed by atoms with Crippen LogP contribution >= 0.6 is 15.9 Å². The molecule has 0 fully saturated rings. The highest BCUT2D eigenvalue weighted by Gasteiger charge is 2.16. The second-order valence-corrected chi connectivity index (χ2v) is 4.11. The molecule has 1 aromatic rings. The molecular formula is C12H12BrF3O3. The number of esters is 1. The van der Waals surface area contributed by atoms with Crippen LogP contribution in [0.5, 0.6) is 5.75 Å². The molecule has 0 amide bonds. The van der Waals surface area contributed by atoms with E-state index in [9.17, 15) is 18.0 Å². The van der Waals surface area contributed by atoms with E-state index in [1.165, 1.54) is 6.07 Å². The summed E-state index contributed by atoms with van der Waals surface area (Å²) in [7, 11) is 0. The minimum absolute atomic E-state index is 0.0783. The van der Waals surface area contributed by atoms with Crippen molar-refractivity contribution in [3.63, 3.8) is 0 Å². The first-order chi connectivity index (χ1) is 8.97. The summed E-state index contributed by atoms with van der Waals surface area (Å²) >= 11 is 3.09. The molecule has 0 bridgehead atoms. The van der Waals surface area contributed by atoms with Gasteiger partial charge in [-0.05, 0) is 18.6 Å². The van der Waals surface area contributed by atoms with E-state index < -0.39 is 18.4 Å². The average molecular weight is 341 g/mol. The lowest BCUT2D eigenvalue weighted by Gasteiger charge is -2.12. The SMILES string of the molecule is CCOC(=O)Cc1cc(CBr)c(OC(F)F)cc1F. The molecule has 1 aromatic carbocycles. The van der Waals surface area contributed by atoms with Gasteiger partial charge in [0, 0.05) is 17.0 Å². The van der Waals surface area contributed by atoms with Gasteiger partial charge in [-0.2, -0.15) is 8.78 Å². The zero-order valence-corrected chi connectivity index (χ0v) is 11.7. The van der Waals surface area contributed by atoms with Crippen molar-refractivity contribution >= 4 is 21.9 Å². The van der Waals surface area contributed by atoms with E-state index in [2.05, 4.69) is 20.7 Å². The average Bonchev–Trinajstić information content (AvgIpc) is 2.32. The van der Waals surface area contributed by atoms with Gasteiger partial charge in [-0.1, -0.05) is 15.9 Å². The molecule has 1 rings (SSSR count). The molecule has 0 spiro atoms. The molecule has 0 aliphatic rings. The van der Waals surface area contributed by atoms with Crippen LogP contribution < -0.4 is 4.74 Å². The van der Waals surface area contributed by atoms with Crippen LogP contribution in [0.3, 0.4) is 0 Å². The third-order valence-electron chi connectivity index (χ3n) is 2.23. The van der Waals surface area contributed by atoms with E-state index >= 15 is 0 Å². The molecule has 0 heterocycles. The highest BCUT2D eigenvalue weighted by Crippen LogP contribution is 2.27. The number of carbonyl (C=O) groups is 1. The molecule has 0 atom stereocenters. The van der Waals surface area contributed by atoms with Gasteiger partial charge < -0.3 is 9.47 Å². The highest BCUT2D eigenvalue weighted by atomic mass is 79.9. The number of ether oxygens (including phenoxy) is 2. The van der Waals surface area contributed by atoms with Crippen molar-refractivity contribution in [2.45, 2.75) is 25.3 Å². The smallest absolute Gasteiger partial charge is 0.387 e. The van der Waals surface area contributed by atoms with E-state index in [0.29, 0.717) is 5.56 Å². The Morgan fingerprint density at radius 1 is 1.37 bits per heavy atom. The molecule has 0 saturated heterocycles. The molecule has 0 radical (unpaired) electrons. The molecule has 0 N–H and O–H groups in total. The first-order valence-electron chi connectivity index (χ1n) is 5.45. The summed E-state index contributed by atoms with van der Waals surface area (Å²) in [6.07, 6.45) is -0.255. The maximum absolute atomic E-state index is 13.7. The van der Waals surface area contributed by atoms with E-state index in [4.69, 9.17) is 4.74 Å². The number of alkyl halides is 3. The standard InChI is InChI=1S/C12H12BrF3O3/c1-2-18-11(17)4-7-3-8(6-13)10(5-9(7)14)19-12(15)16/h3,5,12H,2,4,6H2,1H3. The van der Waals surface area contributed by atoms with Crippen molar-refractivity contribution < 1.29 is 27.4 Å². The van der Waals surface area contributed by atoms with Crippen molar-refractivity contribution in [2.24, 2.45) is 0 Å². The van der Waals surface area contributed by atoms with Gasteiger partial charge in [-0.25, -0.2) is 4.39 Å². The number of rotatable bonds is 6. The lowest BCUT2D eigenvalue weighted by molar-refractivity contribution is -0.142. The predicted octanol–water partition coefficient (Wildman–Crippen LogP) is 3.43. The van der Waals surface area contributed by atoms with Gasteiger partial charge in [0.1, 0.15) is 11.6 Å². The first-order valence-corrected chi connectivity index (χ1v) is 6.57. The van der Waals surface area contributed by atoms with Gasteiger partial charge in [0.05, 0.1) is 13.0 Å². The third kappa shape index (κ3) is 4.74. The van der Waals surface area contributed by atoms with Gasteiger partial charge in [0.2, 0.25) is 0 Å². The summed E-state index contributed by atoms with van der Waals surface area (Å²) in [4.78, 5) is 11.3. The highest BCUT2D eigenvalue weighted by molar-refractivity contribution is 9.08. The van der Waals surface area contributed by atoms with Crippen molar-refractivity contribution in [1.29, 1.82) is 0 Å². The predicted molar refractivity (Wildman–Crippen MR) is 66.0 cm³/mol. The van der Waals surface area contributed by atoms with Gasteiger partial charge >= 0.3 is 12.6 Å².